The number of pyridine rings is 1. The molecular formula is C28H28N8O3. The van der Waals surface area contributed by atoms with Crippen LogP contribution in [0.25, 0.3) is 5.65 Å². The van der Waals surface area contributed by atoms with E-state index in [2.05, 4.69) is 20.2 Å². The molecule has 1 atom stereocenters. The van der Waals surface area contributed by atoms with Crippen LogP contribution in [0.4, 0.5) is 17.5 Å². The van der Waals surface area contributed by atoms with Crippen LogP contribution in [0.2, 0.25) is 0 Å². The van der Waals surface area contributed by atoms with Crippen molar-refractivity contribution >= 4 is 29.1 Å². The average Bonchev–Trinajstić information content (AvgIpc) is 2.95. The molecule has 1 aromatic carbocycles. The van der Waals surface area contributed by atoms with Crippen molar-refractivity contribution in [2.24, 2.45) is 0 Å². The Morgan fingerprint density at radius 2 is 1.77 bits per heavy atom. The Morgan fingerprint density at radius 3 is 2.44 bits per heavy atom. The van der Waals surface area contributed by atoms with Gasteiger partial charge in [-0.05, 0) is 44.5 Å². The molecule has 0 radical (unpaired) electrons. The monoisotopic (exact) mass is 524 g/mol. The van der Waals surface area contributed by atoms with Gasteiger partial charge < -0.3 is 20.2 Å². The van der Waals surface area contributed by atoms with E-state index in [-0.39, 0.29) is 17.2 Å². The van der Waals surface area contributed by atoms with E-state index in [0.29, 0.717) is 60.4 Å². The third-order valence-corrected chi connectivity index (χ3v) is 6.91. The van der Waals surface area contributed by atoms with Gasteiger partial charge in [-0.3, -0.25) is 9.20 Å². The third-order valence-electron chi connectivity index (χ3n) is 6.91. The summed E-state index contributed by atoms with van der Waals surface area (Å²) in [5.41, 5.74) is 3.70. The summed E-state index contributed by atoms with van der Waals surface area (Å²) < 4.78 is 1.58. The molecule has 0 bridgehead atoms. The summed E-state index contributed by atoms with van der Waals surface area (Å²) in [5, 5.41) is 21.9. The average molecular weight is 525 g/mol. The Balaban J connectivity index is 1.47. The number of benzene rings is 1. The van der Waals surface area contributed by atoms with E-state index in [0.717, 1.165) is 11.1 Å². The molecule has 0 spiro atoms. The minimum absolute atomic E-state index is 0.143. The fourth-order valence-corrected chi connectivity index (χ4v) is 4.88. The molecule has 2 N–H and O–H groups in total. The SMILES string of the molecule is Cc1cc([C@@H](C)Nc2ccccc2C(=O)O)c2nc(N3CCN(c4ncc(C#N)cn4)CC3)c(C)c(=O)n2c1. The molecule has 1 aliphatic rings. The van der Waals surface area contributed by atoms with Gasteiger partial charge in [-0.2, -0.15) is 5.26 Å². The lowest BCUT2D eigenvalue weighted by atomic mass is 10.1. The van der Waals surface area contributed by atoms with Crippen LogP contribution in [0.3, 0.4) is 0 Å². The van der Waals surface area contributed by atoms with E-state index >= 15 is 0 Å². The van der Waals surface area contributed by atoms with Crippen molar-refractivity contribution in [2.45, 2.75) is 26.8 Å². The zero-order valence-electron chi connectivity index (χ0n) is 21.9. The molecule has 4 heterocycles. The summed E-state index contributed by atoms with van der Waals surface area (Å²) in [4.78, 5) is 42.9. The van der Waals surface area contributed by atoms with Crippen LogP contribution < -0.4 is 20.7 Å². The van der Waals surface area contributed by atoms with Crippen molar-refractivity contribution < 1.29 is 9.90 Å². The van der Waals surface area contributed by atoms with E-state index in [4.69, 9.17) is 10.2 Å². The number of rotatable bonds is 6. The van der Waals surface area contributed by atoms with Crippen molar-refractivity contribution in [2.75, 3.05) is 41.3 Å². The van der Waals surface area contributed by atoms with Gasteiger partial charge in [0.25, 0.3) is 5.56 Å². The summed E-state index contributed by atoms with van der Waals surface area (Å²) in [6.07, 6.45) is 4.81. The van der Waals surface area contributed by atoms with Crippen LogP contribution in [-0.4, -0.2) is 56.6 Å². The molecule has 1 fully saturated rings. The number of aromatic carboxylic acids is 1. The van der Waals surface area contributed by atoms with Gasteiger partial charge in [0.1, 0.15) is 17.5 Å². The number of para-hydroxylation sites is 1. The molecule has 1 saturated heterocycles. The number of carbonyl (C=O) groups is 1. The van der Waals surface area contributed by atoms with Gasteiger partial charge in [0.05, 0.1) is 35.1 Å². The molecular weight excluding hydrogens is 496 g/mol. The maximum absolute atomic E-state index is 13.5. The molecule has 5 rings (SSSR count). The number of anilines is 3. The third kappa shape index (κ3) is 4.96. The Labute approximate surface area is 225 Å². The normalized spacial score (nSPS) is 14.2. The number of hydrogen-bond donors (Lipinski definition) is 2. The lowest BCUT2D eigenvalue weighted by molar-refractivity contribution is 0.0698. The standard InChI is InChI=1S/C28H28N8O3/c1-17-12-22(19(3)32-23-7-5-4-6-21(23)27(38)39)25-33-24(18(2)26(37)36(25)16-17)34-8-10-35(11-9-34)28-30-14-20(13-29)15-31-28/h4-7,12,14-16,19,32H,8-11H2,1-3H3,(H,38,39)/t19-/m1/s1. The van der Waals surface area contributed by atoms with E-state index in [1.807, 2.05) is 30.9 Å². The molecule has 1 aliphatic heterocycles. The number of carboxylic acid groups (broad SMARTS) is 1. The van der Waals surface area contributed by atoms with Crippen molar-refractivity contribution in [1.82, 2.24) is 19.4 Å². The Hall–Kier alpha value is -4.98. The molecule has 11 nitrogen and oxygen atoms in total. The number of nitrogens with zero attached hydrogens (tertiary/aromatic N) is 7. The zero-order valence-corrected chi connectivity index (χ0v) is 21.9. The van der Waals surface area contributed by atoms with Crippen LogP contribution in [0, 0.1) is 25.2 Å². The lowest BCUT2D eigenvalue weighted by Gasteiger charge is -2.36. The molecule has 39 heavy (non-hydrogen) atoms. The smallest absolute Gasteiger partial charge is 0.337 e. The van der Waals surface area contributed by atoms with Crippen molar-refractivity contribution in [3.8, 4) is 6.07 Å². The van der Waals surface area contributed by atoms with E-state index < -0.39 is 5.97 Å². The number of hydrogen-bond acceptors (Lipinski definition) is 9. The van der Waals surface area contributed by atoms with Crippen LogP contribution in [0.5, 0.6) is 0 Å². The van der Waals surface area contributed by atoms with Crippen LogP contribution >= 0.6 is 0 Å². The van der Waals surface area contributed by atoms with Gasteiger partial charge in [0.2, 0.25) is 5.95 Å². The maximum Gasteiger partial charge on any atom is 0.337 e. The predicted octanol–water partition coefficient (Wildman–Crippen LogP) is 3.17. The van der Waals surface area contributed by atoms with Gasteiger partial charge in [0, 0.05) is 43.6 Å². The largest absolute Gasteiger partial charge is 0.478 e. The second-order valence-corrected chi connectivity index (χ2v) is 9.61. The molecule has 11 heteroatoms. The molecule has 198 valence electrons. The highest BCUT2D eigenvalue weighted by Crippen LogP contribution is 2.27. The first-order chi connectivity index (χ1) is 18.8. The fraction of sp³-hybridized carbons (Fsp3) is 0.286. The Bertz CT molecular complexity index is 1650. The highest BCUT2D eigenvalue weighted by atomic mass is 16.4. The molecule has 0 unspecified atom stereocenters. The van der Waals surface area contributed by atoms with Gasteiger partial charge in [-0.1, -0.05) is 12.1 Å². The number of carboxylic acids is 1. The van der Waals surface area contributed by atoms with Crippen LogP contribution in [0.15, 0.2) is 53.7 Å². The first-order valence-corrected chi connectivity index (χ1v) is 12.6. The number of piperazine rings is 1. The molecule has 4 aromatic rings. The number of fused-ring (bicyclic) bond motifs is 1. The maximum atomic E-state index is 13.5. The van der Waals surface area contributed by atoms with E-state index in [1.165, 1.54) is 12.4 Å². The van der Waals surface area contributed by atoms with Gasteiger partial charge in [-0.25, -0.2) is 19.7 Å². The summed E-state index contributed by atoms with van der Waals surface area (Å²) >= 11 is 0. The number of aryl methyl sites for hydroxylation is 1. The predicted molar refractivity (Wildman–Crippen MR) is 148 cm³/mol. The highest BCUT2D eigenvalue weighted by Gasteiger charge is 2.24. The second kappa shape index (κ2) is 10.4. The zero-order chi connectivity index (χ0) is 27.7. The minimum atomic E-state index is -1.02. The van der Waals surface area contributed by atoms with Gasteiger partial charge in [-0.15, -0.1) is 0 Å². The fourth-order valence-electron chi connectivity index (χ4n) is 4.88. The number of nitrogens with one attached hydrogen (secondary N) is 1. The van der Waals surface area contributed by atoms with E-state index in [9.17, 15) is 14.7 Å². The van der Waals surface area contributed by atoms with Crippen molar-refractivity contribution in [3.05, 3.63) is 87.1 Å². The quantitative estimate of drug-likeness (QED) is 0.386. The summed E-state index contributed by atoms with van der Waals surface area (Å²) in [6.45, 7) is 8.15. The molecule has 0 saturated carbocycles. The van der Waals surface area contributed by atoms with E-state index in [1.54, 1.807) is 41.8 Å². The van der Waals surface area contributed by atoms with Gasteiger partial charge in [0.15, 0.2) is 0 Å². The number of nitriles is 1. The van der Waals surface area contributed by atoms with Crippen LogP contribution in [-0.2, 0) is 0 Å². The summed E-state index contributed by atoms with van der Waals surface area (Å²) in [5.74, 6) is 0.178. The first-order valence-electron chi connectivity index (χ1n) is 12.6. The first kappa shape index (κ1) is 25.7. The number of aromatic nitrogens is 4. The Kier molecular flexibility index (Phi) is 6.85. The van der Waals surface area contributed by atoms with Crippen LogP contribution in [0.1, 0.15) is 45.6 Å². The summed E-state index contributed by atoms with van der Waals surface area (Å²) in [7, 11) is 0. The molecule has 0 amide bonds. The molecule has 3 aromatic heterocycles. The van der Waals surface area contributed by atoms with Crippen molar-refractivity contribution in [1.29, 1.82) is 5.26 Å². The lowest BCUT2D eigenvalue weighted by Crippen LogP contribution is -2.48. The minimum Gasteiger partial charge on any atom is -0.478 e. The summed E-state index contributed by atoms with van der Waals surface area (Å²) in [6, 6.07) is 10.4. The second-order valence-electron chi connectivity index (χ2n) is 9.61. The molecule has 0 aliphatic carbocycles. The van der Waals surface area contributed by atoms with Crippen molar-refractivity contribution in [3.63, 3.8) is 0 Å². The highest BCUT2D eigenvalue weighted by molar-refractivity contribution is 5.94. The van der Waals surface area contributed by atoms with Gasteiger partial charge >= 0.3 is 5.97 Å². The Morgan fingerprint density at radius 1 is 1.10 bits per heavy atom. The topological polar surface area (TPSA) is 140 Å².